The zero-order valence-corrected chi connectivity index (χ0v) is 12.1. The highest BCUT2D eigenvalue weighted by atomic mass is 32.1. The first-order valence-corrected chi connectivity index (χ1v) is 7.93. The molecule has 0 saturated carbocycles. The van der Waals surface area contributed by atoms with E-state index in [-0.39, 0.29) is 6.61 Å². The summed E-state index contributed by atoms with van der Waals surface area (Å²) in [5.74, 6) is 0. The summed E-state index contributed by atoms with van der Waals surface area (Å²) in [5.41, 5.74) is 2.31. The smallest absolute Gasteiger partial charge is 0.124 e. The van der Waals surface area contributed by atoms with Crippen molar-refractivity contribution in [2.75, 3.05) is 6.61 Å². The summed E-state index contributed by atoms with van der Waals surface area (Å²) in [5, 5.41) is 19.6. The molecule has 0 saturated heterocycles. The number of thiophene rings is 1. The maximum Gasteiger partial charge on any atom is 0.124 e. The molecule has 0 radical (unpaired) electrons. The number of aliphatic hydroxyl groups is 1. The predicted molar refractivity (Wildman–Crippen MR) is 78.0 cm³/mol. The number of hydrogen-bond acceptors (Lipinski definition) is 5. The Labute approximate surface area is 116 Å². The third-order valence-corrected chi connectivity index (χ3v) is 4.37. The Morgan fingerprint density at radius 3 is 3.06 bits per heavy atom. The summed E-state index contributed by atoms with van der Waals surface area (Å²) in [6, 6.07) is 2.52. The van der Waals surface area contributed by atoms with Crippen molar-refractivity contribution in [2.45, 2.75) is 32.4 Å². The summed E-state index contributed by atoms with van der Waals surface area (Å²) in [7, 11) is 0. The molecule has 2 aromatic rings. The van der Waals surface area contributed by atoms with Gasteiger partial charge in [0.05, 0.1) is 5.69 Å². The Hall–Kier alpha value is -0.750. The van der Waals surface area contributed by atoms with Crippen LogP contribution in [0.3, 0.4) is 0 Å². The van der Waals surface area contributed by atoms with Crippen LogP contribution in [0.2, 0.25) is 0 Å². The van der Waals surface area contributed by atoms with Crippen molar-refractivity contribution in [3.63, 3.8) is 0 Å². The second-order valence-corrected chi connectivity index (χ2v) is 5.94. The summed E-state index contributed by atoms with van der Waals surface area (Å²) in [6.07, 6.45) is 1.85. The molecule has 2 heterocycles. The minimum Gasteiger partial charge on any atom is -0.396 e. The van der Waals surface area contributed by atoms with E-state index in [1.54, 1.807) is 22.7 Å². The third-order valence-electron chi connectivity index (χ3n) is 2.75. The molecule has 0 aliphatic carbocycles. The van der Waals surface area contributed by atoms with Gasteiger partial charge in [0.1, 0.15) is 5.01 Å². The molecule has 3 nitrogen and oxygen atoms in total. The summed E-state index contributed by atoms with van der Waals surface area (Å²) in [4.78, 5) is 4.62. The van der Waals surface area contributed by atoms with Gasteiger partial charge in [0, 0.05) is 35.5 Å². The molecule has 1 unspecified atom stereocenters. The van der Waals surface area contributed by atoms with Crippen LogP contribution in [0.15, 0.2) is 22.2 Å². The quantitative estimate of drug-likeness (QED) is 0.820. The zero-order valence-electron chi connectivity index (χ0n) is 10.4. The Morgan fingerprint density at radius 1 is 1.44 bits per heavy atom. The van der Waals surface area contributed by atoms with Crippen molar-refractivity contribution in [1.82, 2.24) is 10.3 Å². The van der Waals surface area contributed by atoms with Crippen molar-refractivity contribution >= 4 is 22.7 Å². The first-order chi connectivity index (χ1) is 8.79. The summed E-state index contributed by atoms with van der Waals surface area (Å²) >= 11 is 3.39. The highest BCUT2D eigenvalue weighted by Crippen LogP contribution is 2.25. The van der Waals surface area contributed by atoms with E-state index in [2.05, 4.69) is 39.4 Å². The number of thiazole rings is 1. The molecule has 0 fully saturated rings. The molecule has 2 aromatic heterocycles. The molecule has 98 valence electrons. The van der Waals surface area contributed by atoms with Crippen molar-refractivity contribution in [3.8, 4) is 10.6 Å². The van der Waals surface area contributed by atoms with Crippen molar-refractivity contribution in [3.05, 3.63) is 27.9 Å². The molecular weight excluding hydrogens is 264 g/mol. The van der Waals surface area contributed by atoms with Crippen molar-refractivity contribution < 1.29 is 5.11 Å². The molecule has 0 spiro atoms. The Balaban J connectivity index is 1.84. The average Bonchev–Trinajstić information content (AvgIpc) is 3.03. The fourth-order valence-corrected chi connectivity index (χ4v) is 3.22. The zero-order chi connectivity index (χ0) is 12.8. The van der Waals surface area contributed by atoms with Crippen LogP contribution in [0.4, 0.5) is 0 Å². The van der Waals surface area contributed by atoms with E-state index in [0.717, 1.165) is 30.1 Å². The van der Waals surface area contributed by atoms with Gasteiger partial charge in [-0.05, 0) is 31.2 Å². The van der Waals surface area contributed by atoms with Crippen LogP contribution < -0.4 is 5.32 Å². The molecule has 0 bridgehead atoms. The first-order valence-electron chi connectivity index (χ1n) is 6.11. The van der Waals surface area contributed by atoms with E-state index >= 15 is 0 Å². The van der Waals surface area contributed by atoms with Crippen LogP contribution in [0.1, 0.15) is 25.5 Å². The van der Waals surface area contributed by atoms with Crippen LogP contribution in [-0.2, 0) is 6.54 Å². The Morgan fingerprint density at radius 2 is 2.33 bits per heavy atom. The minimum absolute atomic E-state index is 0.269. The van der Waals surface area contributed by atoms with Crippen LogP contribution in [-0.4, -0.2) is 22.7 Å². The van der Waals surface area contributed by atoms with Gasteiger partial charge in [-0.15, -0.1) is 11.3 Å². The van der Waals surface area contributed by atoms with Gasteiger partial charge in [-0.2, -0.15) is 11.3 Å². The number of aliphatic hydroxyl groups excluding tert-OH is 1. The van der Waals surface area contributed by atoms with E-state index in [1.807, 2.05) is 0 Å². The molecule has 2 N–H and O–H groups in total. The first kappa shape index (κ1) is 13.7. The number of nitrogens with zero attached hydrogens (tertiary/aromatic N) is 1. The van der Waals surface area contributed by atoms with E-state index in [9.17, 15) is 0 Å². The fraction of sp³-hybridized carbons (Fsp3) is 0.462. The molecule has 5 heteroatoms. The normalized spacial score (nSPS) is 12.8. The van der Waals surface area contributed by atoms with Crippen LogP contribution in [0, 0.1) is 0 Å². The molecular formula is C13H18N2OS2. The van der Waals surface area contributed by atoms with E-state index in [1.165, 1.54) is 5.56 Å². The lowest BCUT2D eigenvalue weighted by atomic mass is 10.2. The van der Waals surface area contributed by atoms with Crippen molar-refractivity contribution in [2.24, 2.45) is 0 Å². The van der Waals surface area contributed by atoms with Gasteiger partial charge >= 0.3 is 0 Å². The summed E-state index contributed by atoms with van der Waals surface area (Å²) in [6.45, 7) is 3.21. The predicted octanol–water partition coefficient (Wildman–Crippen LogP) is 3.12. The highest BCUT2D eigenvalue weighted by molar-refractivity contribution is 7.14. The number of rotatable bonds is 7. The standard InChI is InChI=1S/C13H18N2OS2/c1-10(3-2-5-16)14-7-12-9-18-13(15-12)11-4-6-17-8-11/h4,6,8-10,14,16H,2-3,5,7H2,1H3. The Bertz CT molecular complexity index is 453. The molecule has 0 amide bonds. The van der Waals surface area contributed by atoms with Gasteiger partial charge in [-0.3, -0.25) is 0 Å². The molecule has 0 aliphatic rings. The second-order valence-electron chi connectivity index (χ2n) is 4.30. The maximum atomic E-state index is 8.77. The Kier molecular flexibility index (Phi) is 5.31. The number of nitrogens with one attached hydrogen (secondary N) is 1. The van der Waals surface area contributed by atoms with Crippen LogP contribution >= 0.6 is 22.7 Å². The van der Waals surface area contributed by atoms with E-state index in [0.29, 0.717) is 6.04 Å². The van der Waals surface area contributed by atoms with Crippen LogP contribution in [0.25, 0.3) is 10.6 Å². The average molecular weight is 282 g/mol. The molecule has 1 atom stereocenters. The summed E-state index contributed by atoms with van der Waals surface area (Å²) < 4.78 is 0. The van der Waals surface area contributed by atoms with E-state index < -0.39 is 0 Å². The SMILES string of the molecule is CC(CCCO)NCc1csc(-c2ccsc2)n1. The molecule has 2 rings (SSSR count). The largest absolute Gasteiger partial charge is 0.396 e. The molecule has 0 aromatic carbocycles. The van der Waals surface area contributed by atoms with Gasteiger partial charge in [-0.1, -0.05) is 0 Å². The lowest BCUT2D eigenvalue weighted by Crippen LogP contribution is -2.25. The minimum atomic E-state index is 0.269. The van der Waals surface area contributed by atoms with Gasteiger partial charge < -0.3 is 10.4 Å². The van der Waals surface area contributed by atoms with Gasteiger partial charge in [-0.25, -0.2) is 4.98 Å². The topological polar surface area (TPSA) is 45.1 Å². The molecule has 0 aliphatic heterocycles. The van der Waals surface area contributed by atoms with Crippen molar-refractivity contribution in [1.29, 1.82) is 0 Å². The molecule has 18 heavy (non-hydrogen) atoms. The monoisotopic (exact) mass is 282 g/mol. The van der Waals surface area contributed by atoms with Gasteiger partial charge in [0.25, 0.3) is 0 Å². The second kappa shape index (κ2) is 6.99. The number of hydrogen-bond donors (Lipinski definition) is 2. The highest BCUT2D eigenvalue weighted by Gasteiger charge is 2.06. The van der Waals surface area contributed by atoms with E-state index in [4.69, 9.17) is 5.11 Å². The van der Waals surface area contributed by atoms with Crippen LogP contribution in [0.5, 0.6) is 0 Å². The number of aromatic nitrogens is 1. The van der Waals surface area contributed by atoms with Gasteiger partial charge in [0.2, 0.25) is 0 Å². The fourth-order valence-electron chi connectivity index (χ4n) is 1.69. The maximum absolute atomic E-state index is 8.77. The van der Waals surface area contributed by atoms with Gasteiger partial charge in [0.15, 0.2) is 0 Å². The third kappa shape index (κ3) is 3.88. The lowest BCUT2D eigenvalue weighted by molar-refractivity contribution is 0.276. The lowest BCUT2D eigenvalue weighted by Gasteiger charge is -2.11.